The highest BCUT2D eigenvalue weighted by atomic mass is 16.5. The molecule has 2 aromatic carbocycles. The summed E-state index contributed by atoms with van der Waals surface area (Å²) >= 11 is 0. The van der Waals surface area contributed by atoms with Gasteiger partial charge in [-0.05, 0) is 60.7 Å². The smallest absolute Gasteiger partial charge is 0.236 e. The summed E-state index contributed by atoms with van der Waals surface area (Å²) in [6, 6.07) is 19.6. The predicted octanol–water partition coefficient (Wildman–Crippen LogP) is 4.93. The van der Waals surface area contributed by atoms with Gasteiger partial charge in [0, 0.05) is 16.4 Å². The number of nitrogens with zero attached hydrogens (tertiary/aromatic N) is 1. The predicted molar refractivity (Wildman–Crippen MR) is 121 cm³/mol. The molecule has 1 saturated carbocycles. The molecule has 29 heavy (non-hydrogen) atoms. The normalized spacial score (nSPS) is 14.3. The van der Waals surface area contributed by atoms with Gasteiger partial charge in [0.25, 0.3) is 0 Å². The van der Waals surface area contributed by atoms with Gasteiger partial charge >= 0.3 is 0 Å². The number of methoxy groups -OCH3 is 1. The molecule has 0 saturated heterocycles. The van der Waals surface area contributed by atoms with Crippen molar-refractivity contribution in [3.63, 3.8) is 0 Å². The van der Waals surface area contributed by atoms with Crippen molar-refractivity contribution in [3.8, 4) is 17.0 Å². The second-order valence-corrected chi connectivity index (χ2v) is 7.53. The summed E-state index contributed by atoms with van der Waals surface area (Å²) in [5, 5.41) is 3.03. The topological polar surface area (TPSA) is 77.2 Å². The molecule has 3 aromatic rings. The molecule has 0 spiro atoms. The molecule has 5 heteroatoms. The number of hydrogen-bond donors (Lipinski definition) is 2. The minimum absolute atomic E-state index is 0. The van der Waals surface area contributed by atoms with E-state index in [1.54, 1.807) is 7.11 Å². The number of pyridine rings is 1. The Morgan fingerprint density at radius 1 is 1.17 bits per heavy atom. The van der Waals surface area contributed by atoms with Crippen LogP contribution in [0.5, 0.6) is 5.75 Å². The van der Waals surface area contributed by atoms with Crippen LogP contribution in [0.1, 0.15) is 33.8 Å². The van der Waals surface area contributed by atoms with Crippen LogP contribution in [0.3, 0.4) is 0 Å². The first-order chi connectivity index (χ1) is 14.1. The van der Waals surface area contributed by atoms with Crippen molar-refractivity contribution in [1.82, 2.24) is 4.98 Å². The zero-order valence-electron chi connectivity index (χ0n) is 16.7. The van der Waals surface area contributed by atoms with Gasteiger partial charge in [-0.1, -0.05) is 36.4 Å². The van der Waals surface area contributed by atoms with E-state index in [9.17, 15) is 4.79 Å². The van der Waals surface area contributed by atoms with E-state index in [0.29, 0.717) is 12.4 Å². The van der Waals surface area contributed by atoms with Crippen LogP contribution in [0.15, 0.2) is 60.7 Å². The van der Waals surface area contributed by atoms with E-state index >= 15 is 0 Å². The number of benzene rings is 2. The quantitative estimate of drug-likeness (QED) is 0.622. The molecule has 1 aliphatic carbocycles. The van der Waals surface area contributed by atoms with Gasteiger partial charge in [-0.2, -0.15) is 0 Å². The summed E-state index contributed by atoms with van der Waals surface area (Å²) < 4.78 is 5.22. The largest absolute Gasteiger partial charge is 0.497 e. The van der Waals surface area contributed by atoms with E-state index in [-0.39, 0.29) is 10.2 Å². The molecule has 154 valence electrons. The fraction of sp³-hybridized carbons (Fsp3) is 0.250. The van der Waals surface area contributed by atoms with Crippen molar-refractivity contribution in [2.24, 2.45) is 5.73 Å². The number of nitrogens with one attached hydrogen (secondary N) is 1. The molecule has 1 amide bonds. The molecule has 0 unspecified atom stereocenters. The second kappa shape index (κ2) is 7.68. The highest BCUT2D eigenvalue weighted by Gasteiger charge is 2.51. The summed E-state index contributed by atoms with van der Waals surface area (Å²) in [5.74, 6) is 1.34. The van der Waals surface area contributed by atoms with Crippen LogP contribution in [-0.4, -0.2) is 18.0 Å². The maximum atomic E-state index is 13.1. The van der Waals surface area contributed by atoms with Crippen LogP contribution in [0, 0.1) is 6.92 Å². The van der Waals surface area contributed by atoms with Crippen LogP contribution < -0.4 is 15.8 Å². The lowest BCUT2D eigenvalue weighted by molar-refractivity contribution is -0.118. The van der Waals surface area contributed by atoms with E-state index in [4.69, 9.17) is 15.5 Å². The zero-order chi connectivity index (χ0) is 20.4. The number of nitrogens with two attached hydrogens (primary N) is 1. The Hall–Kier alpha value is -3.18. The Morgan fingerprint density at radius 2 is 1.93 bits per heavy atom. The lowest BCUT2D eigenvalue weighted by atomic mass is 9.95. The molecule has 0 bridgehead atoms. The van der Waals surface area contributed by atoms with Crippen LogP contribution in [-0.2, 0) is 16.8 Å². The van der Waals surface area contributed by atoms with Crippen LogP contribution >= 0.6 is 0 Å². The first kappa shape index (κ1) is 19.2. The SMILES string of the molecule is COc1ccc(C2(C(=O)Nc3ccc(C)c(-c4cccc(CN)c4)n3)CC2)cc1.[HH].[HH].[HH]. The van der Waals surface area contributed by atoms with Gasteiger partial charge in [0.1, 0.15) is 11.6 Å². The van der Waals surface area contributed by atoms with Gasteiger partial charge in [-0.15, -0.1) is 0 Å². The monoisotopic (exact) mass is 393 g/mol. The van der Waals surface area contributed by atoms with Crippen molar-refractivity contribution in [1.29, 1.82) is 0 Å². The molecular formula is C24H31N3O2. The molecular weight excluding hydrogens is 362 g/mol. The van der Waals surface area contributed by atoms with Gasteiger partial charge in [0.05, 0.1) is 18.2 Å². The Balaban J connectivity index is 0.00000171. The summed E-state index contributed by atoms with van der Waals surface area (Å²) in [7, 11) is 1.64. The molecule has 0 atom stereocenters. The van der Waals surface area contributed by atoms with Crippen molar-refractivity contribution in [3.05, 3.63) is 77.4 Å². The fourth-order valence-corrected chi connectivity index (χ4v) is 3.65. The summed E-state index contributed by atoms with van der Waals surface area (Å²) in [5.41, 5.74) is 10.3. The molecule has 3 N–H and O–H groups in total. The van der Waals surface area contributed by atoms with Crippen molar-refractivity contribution < 1.29 is 13.8 Å². The number of rotatable bonds is 6. The Labute approximate surface area is 175 Å². The molecule has 5 nitrogen and oxygen atoms in total. The number of carbonyl (C=O) groups is 1. The second-order valence-electron chi connectivity index (χ2n) is 7.53. The van der Waals surface area contributed by atoms with E-state index in [1.807, 2.05) is 67.6 Å². The summed E-state index contributed by atoms with van der Waals surface area (Å²) in [6.07, 6.45) is 1.67. The molecule has 1 heterocycles. The average Bonchev–Trinajstić information content (AvgIpc) is 3.57. The van der Waals surface area contributed by atoms with Crippen LogP contribution in [0.2, 0.25) is 0 Å². The van der Waals surface area contributed by atoms with Gasteiger partial charge in [0.2, 0.25) is 5.91 Å². The Kier molecular flexibility index (Phi) is 5.07. The number of carbonyl (C=O) groups excluding carboxylic acids is 1. The zero-order valence-corrected chi connectivity index (χ0v) is 16.7. The lowest BCUT2D eigenvalue weighted by Crippen LogP contribution is -2.28. The van der Waals surface area contributed by atoms with Crippen molar-refractivity contribution >= 4 is 11.7 Å². The van der Waals surface area contributed by atoms with Crippen molar-refractivity contribution in [2.45, 2.75) is 31.7 Å². The number of anilines is 1. The van der Waals surface area contributed by atoms with E-state index in [1.165, 1.54) is 0 Å². The molecule has 4 rings (SSSR count). The Bertz CT molecular complexity index is 1050. The standard InChI is InChI=1S/C24H25N3O2.3H2/c1-16-6-11-21(26-22(16)18-5-3-4-17(14-18)15-25)27-23(28)24(12-13-24)19-7-9-20(29-2)10-8-19;;;/h3-11,14H,12-13,15,25H2,1-2H3,(H,26,27,28);3*1H. The van der Waals surface area contributed by atoms with E-state index in [2.05, 4.69) is 5.32 Å². The highest BCUT2D eigenvalue weighted by molar-refractivity contribution is 6.01. The van der Waals surface area contributed by atoms with Gasteiger partial charge < -0.3 is 15.8 Å². The van der Waals surface area contributed by atoms with Gasteiger partial charge in [-0.3, -0.25) is 4.79 Å². The number of ether oxygens (including phenoxy) is 1. The third-order valence-corrected chi connectivity index (χ3v) is 5.60. The minimum Gasteiger partial charge on any atom is -0.497 e. The average molecular weight is 394 g/mol. The first-order valence-electron chi connectivity index (χ1n) is 9.79. The van der Waals surface area contributed by atoms with Gasteiger partial charge in [-0.25, -0.2) is 4.98 Å². The Morgan fingerprint density at radius 3 is 2.59 bits per heavy atom. The number of aromatic nitrogens is 1. The molecule has 1 fully saturated rings. The maximum absolute atomic E-state index is 13.1. The van der Waals surface area contributed by atoms with Crippen LogP contribution in [0.25, 0.3) is 11.3 Å². The fourth-order valence-electron chi connectivity index (χ4n) is 3.65. The number of hydrogen-bond acceptors (Lipinski definition) is 4. The third-order valence-electron chi connectivity index (χ3n) is 5.60. The molecule has 0 aliphatic heterocycles. The third kappa shape index (κ3) is 3.74. The highest BCUT2D eigenvalue weighted by Crippen LogP contribution is 2.49. The summed E-state index contributed by atoms with van der Waals surface area (Å²) in [6.45, 7) is 2.50. The molecule has 0 radical (unpaired) electrons. The van der Waals surface area contributed by atoms with Crippen molar-refractivity contribution in [2.75, 3.05) is 12.4 Å². The van der Waals surface area contributed by atoms with Gasteiger partial charge in [0.15, 0.2) is 0 Å². The van der Waals surface area contributed by atoms with Crippen LogP contribution in [0.4, 0.5) is 5.82 Å². The number of aryl methyl sites for hydroxylation is 1. The summed E-state index contributed by atoms with van der Waals surface area (Å²) in [4.78, 5) is 17.8. The lowest BCUT2D eigenvalue weighted by Gasteiger charge is -2.17. The first-order valence-corrected chi connectivity index (χ1v) is 9.79. The van der Waals surface area contributed by atoms with E-state index in [0.717, 1.165) is 46.5 Å². The number of amides is 1. The molecule has 1 aliphatic rings. The minimum atomic E-state index is -0.474. The maximum Gasteiger partial charge on any atom is 0.236 e. The molecule has 1 aromatic heterocycles. The van der Waals surface area contributed by atoms with E-state index < -0.39 is 5.41 Å².